The molecule has 0 spiro atoms. The molecule has 0 saturated carbocycles. The van der Waals surface area contributed by atoms with Gasteiger partial charge in [0.15, 0.2) is 6.10 Å². The molecule has 0 aromatic carbocycles. The number of hydrogen-bond acceptors (Lipinski definition) is 5. The summed E-state index contributed by atoms with van der Waals surface area (Å²) in [5, 5.41) is 19.3. The number of carbonyl (C=O) groups excluding carboxylic acids is 2. The van der Waals surface area contributed by atoms with Crippen LogP contribution in [0.1, 0.15) is 40.5 Å². The Kier molecular flexibility index (Phi) is 6.55. The Balaban J connectivity index is 2.91. The van der Waals surface area contributed by atoms with E-state index in [-0.39, 0.29) is 23.8 Å². The Morgan fingerprint density at radius 2 is 2.00 bits per heavy atom. The van der Waals surface area contributed by atoms with Gasteiger partial charge in [0.2, 0.25) is 5.78 Å². The zero-order valence-corrected chi connectivity index (χ0v) is 13.2. The number of Topliss-reactive ketones (excluding diaryl/α,β-unsaturated/α-hetero) is 1. The minimum absolute atomic E-state index is 0.0261. The summed E-state index contributed by atoms with van der Waals surface area (Å²) < 4.78 is 5.35. The quantitative estimate of drug-likeness (QED) is 0.725. The van der Waals surface area contributed by atoms with Gasteiger partial charge in [0.05, 0.1) is 12.7 Å². The average molecular weight is 298 g/mol. The van der Waals surface area contributed by atoms with Crippen molar-refractivity contribution in [1.82, 2.24) is 0 Å². The minimum atomic E-state index is -1.01. The number of esters is 1. The fourth-order valence-corrected chi connectivity index (χ4v) is 2.56. The van der Waals surface area contributed by atoms with Gasteiger partial charge < -0.3 is 14.9 Å². The zero-order chi connectivity index (χ0) is 16.2. The maximum atomic E-state index is 12.3. The van der Waals surface area contributed by atoms with Gasteiger partial charge in [-0.3, -0.25) is 9.59 Å². The highest BCUT2D eigenvalue weighted by molar-refractivity contribution is 6.01. The van der Waals surface area contributed by atoms with E-state index >= 15 is 0 Å². The van der Waals surface area contributed by atoms with Gasteiger partial charge in [0.1, 0.15) is 0 Å². The highest BCUT2D eigenvalue weighted by atomic mass is 16.5. The second-order valence-corrected chi connectivity index (χ2v) is 6.15. The Morgan fingerprint density at radius 1 is 1.38 bits per heavy atom. The van der Waals surface area contributed by atoms with Crippen LogP contribution in [0.25, 0.3) is 0 Å². The molecule has 1 aliphatic carbocycles. The van der Waals surface area contributed by atoms with Gasteiger partial charge in [-0.2, -0.15) is 0 Å². The molecule has 0 bridgehead atoms. The maximum Gasteiger partial charge on any atom is 0.306 e. The Bertz CT molecular complexity index is 413. The van der Waals surface area contributed by atoms with Gasteiger partial charge in [-0.15, -0.1) is 0 Å². The van der Waals surface area contributed by atoms with Gasteiger partial charge in [-0.25, -0.2) is 0 Å². The van der Waals surface area contributed by atoms with E-state index in [4.69, 9.17) is 4.74 Å². The summed E-state index contributed by atoms with van der Waals surface area (Å²) >= 11 is 0. The van der Waals surface area contributed by atoms with Gasteiger partial charge in [-0.05, 0) is 17.9 Å². The lowest BCUT2D eigenvalue weighted by molar-refractivity contribution is -0.162. The zero-order valence-electron chi connectivity index (χ0n) is 13.2. The fraction of sp³-hybridized carbons (Fsp3) is 0.750. The van der Waals surface area contributed by atoms with Crippen LogP contribution in [-0.2, 0) is 14.3 Å². The molecule has 0 aromatic heterocycles. The molecule has 0 aliphatic heterocycles. The summed E-state index contributed by atoms with van der Waals surface area (Å²) in [6.45, 7) is 7.21. The fourth-order valence-electron chi connectivity index (χ4n) is 2.56. The third-order valence-electron chi connectivity index (χ3n) is 4.10. The largest absolute Gasteiger partial charge is 0.454 e. The summed E-state index contributed by atoms with van der Waals surface area (Å²) in [4.78, 5) is 24.2. The summed E-state index contributed by atoms with van der Waals surface area (Å²) in [7, 11) is 0. The van der Waals surface area contributed by atoms with Crippen LogP contribution in [0.15, 0.2) is 11.6 Å². The molecule has 1 aliphatic rings. The van der Waals surface area contributed by atoms with Gasteiger partial charge >= 0.3 is 5.97 Å². The van der Waals surface area contributed by atoms with Crippen LogP contribution in [0.5, 0.6) is 0 Å². The Morgan fingerprint density at radius 3 is 2.48 bits per heavy atom. The van der Waals surface area contributed by atoms with Gasteiger partial charge in [-0.1, -0.05) is 34.1 Å². The first kappa shape index (κ1) is 17.9. The van der Waals surface area contributed by atoms with Crippen LogP contribution in [0.4, 0.5) is 0 Å². The highest BCUT2D eigenvalue weighted by Crippen LogP contribution is 2.30. The van der Waals surface area contributed by atoms with Crippen LogP contribution < -0.4 is 0 Å². The van der Waals surface area contributed by atoms with Crippen LogP contribution in [0, 0.1) is 17.8 Å². The predicted octanol–water partition coefficient (Wildman–Crippen LogP) is 1.47. The van der Waals surface area contributed by atoms with E-state index in [0.29, 0.717) is 0 Å². The number of ether oxygens (including phenoxy) is 1. The van der Waals surface area contributed by atoms with E-state index in [0.717, 1.165) is 6.42 Å². The molecule has 2 N–H and O–H groups in total. The van der Waals surface area contributed by atoms with Crippen molar-refractivity contribution in [3.8, 4) is 0 Å². The van der Waals surface area contributed by atoms with Crippen molar-refractivity contribution in [2.24, 2.45) is 17.8 Å². The second-order valence-electron chi connectivity index (χ2n) is 6.15. The Hall–Kier alpha value is -1.20. The smallest absolute Gasteiger partial charge is 0.306 e. The highest BCUT2D eigenvalue weighted by Gasteiger charge is 2.42. The number of aliphatic hydroxyl groups excluding tert-OH is 2. The number of hydrogen-bond donors (Lipinski definition) is 2. The molecule has 0 unspecified atom stereocenters. The van der Waals surface area contributed by atoms with Crippen molar-refractivity contribution in [2.75, 3.05) is 6.61 Å². The molecule has 0 fully saturated rings. The summed E-state index contributed by atoms with van der Waals surface area (Å²) in [6.07, 6.45) is 0.562. The molecule has 4 atom stereocenters. The SMILES string of the molecule is CC[C@@H](C)CC(=O)O[C@@H]1C(=O)C(CO)=C[C@@H](O)[C@H]1C(C)C. The second kappa shape index (κ2) is 7.71. The van der Waals surface area contributed by atoms with Gasteiger partial charge in [0, 0.05) is 17.9 Å². The van der Waals surface area contributed by atoms with Crippen molar-refractivity contribution in [2.45, 2.75) is 52.7 Å². The van der Waals surface area contributed by atoms with Crippen molar-refractivity contribution in [3.63, 3.8) is 0 Å². The third-order valence-corrected chi connectivity index (χ3v) is 4.10. The predicted molar refractivity (Wildman–Crippen MR) is 78.5 cm³/mol. The van der Waals surface area contributed by atoms with E-state index in [1.807, 2.05) is 27.7 Å². The first-order valence-electron chi connectivity index (χ1n) is 7.55. The molecule has 0 amide bonds. The molecule has 120 valence electrons. The van der Waals surface area contributed by atoms with Crippen molar-refractivity contribution >= 4 is 11.8 Å². The normalized spacial score (nSPS) is 27.5. The molecule has 5 nitrogen and oxygen atoms in total. The summed E-state index contributed by atoms with van der Waals surface area (Å²) in [6, 6.07) is 0. The molecule has 5 heteroatoms. The van der Waals surface area contributed by atoms with E-state index in [2.05, 4.69) is 0 Å². The van der Waals surface area contributed by atoms with E-state index in [1.165, 1.54) is 6.08 Å². The first-order valence-corrected chi connectivity index (χ1v) is 7.55. The van der Waals surface area contributed by atoms with Crippen molar-refractivity contribution in [3.05, 3.63) is 11.6 Å². The number of carbonyl (C=O) groups is 2. The number of rotatable bonds is 6. The van der Waals surface area contributed by atoms with Crippen LogP contribution in [-0.4, -0.2) is 40.8 Å². The van der Waals surface area contributed by atoms with Gasteiger partial charge in [0.25, 0.3) is 0 Å². The van der Waals surface area contributed by atoms with Crippen LogP contribution in [0.2, 0.25) is 0 Å². The minimum Gasteiger partial charge on any atom is -0.454 e. The average Bonchev–Trinajstić information content (AvgIpc) is 2.41. The summed E-state index contributed by atoms with van der Waals surface area (Å²) in [5.74, 6) is -1.15. The third kappa shape index (κ3) is 4.38. The van der Waals surface area contributed by atoms with Crippen molar-refractivity contribution in [1.29, 1.82) is 0 Å². The lowest BCUT2D eigenvalue weighted by Gasteiger charge is -2.35. The topological polar surface area (TPSA) is 83.8 Å². The molecule has 21 heavy (non-hydrogen) atoms. The molecular formula is C16H26O5. The molecule has 0 saturated heterocycles. The lowest BCUT2D eigenvalue weighted by atomic mass is 9.77. The first-order chi connectivity index (χ1) is 9.81. The van der Waals surface area contributed by atoms with Crippen LogP contribution in [0.3, 0.4) is 0 Å². The number of aliphatic hydroxyl groups is 2. The monoisotopic (exact) mass is 298 g/mol. The standard InChI is InChI=1S/C16H26O5/c1-5-10(4)6-13(19)21-16-14(9(2)3)12(18)7-11(8-17)15(16)20/h7,9-10,12,14,16-18H,5-6,8H2,1-4H3/t10-,12-,14-,16+/m1/s1. The lowest BCUT2D eigenvalue weighted by Crippen LogP contribution is -2.47. The number of ketones is 1. The molecular weight excluding hydrogens is 272 g/mol. The molecule has 1 rings (SSSR count). The Labute approximate surface area is 126 Å². The maximum absolute atomic E-state index is 12.3. The molecule has 0 aromatic rings. The van der Waals surface area contributed by atoms with Crippen molar-refractivity contribution < 1.29 is 24.5 Å². The molecule has 0 heterocycles. The van der Waals surface area contributed by atoms with E-state index < -0.39 is 36.5 Å². The van der Waals surface area contributed by atoms with E-state index in [1.54, 1.807) is 0 Å². The van der Waals surface area contributed by atoms with Crippen LogP contribution >= 0.6 is 0 Å². The molecule has 0 radical (unpaired) electrons. The summed E-state index contributed by atoms with van der Waals surface area (Å²) in [5.41, 5.74) is 0.112. The van der Waals surface area contributed by atoms with E-state index in [9.17, 15) is 19.8 Å².